The maximum Gasteiger partial charge on any atom is 0.354 e. The highest BCUT2D eigenvalue weighted by molar-refractivity contribution is 6.12. The number of nitrogens with zero attached hydrogens (tertiary/aromatic N) is 1. The van der Waals surface area contributed by atoms with Crippen molar-refractivity contribution in [2.45, 2.75) is 12.8 Å². The Balaban J connectivity index is 1.41. The van der Waals surface area contributed by atoms with Gasteiger partial charge >= 0.3 is 5.97 Å². The third-order valence-corrected chi connectivity index (χ3v) is 5.62. The lowest BCUT2D eigenvalue weighted by atomic mass is 10.1. The molecule has 0 saturated carbocycles. The van der Waals surface area contributed by atoms with Crippen LogP contribution in [-0.2, 0) is 6.42 Å². The smallest absolute Gasteiger partial charge is 0.354 e. The van der Waals surface area contributed by atoms with Crippen LogP contribution in [0.15, 0.2) is 78.9 Å². The highest BCUT2D eigenvalue weighted by atomic mass is 19.1. The lowest BCUT2D eigenvalue weighted by Crippen LogP contribution is -2.02. The van der Waals surface area contributed by atoms with Crippen molar-refractivity contribution < 1.29 is 19.0 Å². The molecule has 5 rings (SSSR count). The molecule has 0 radical (unpaired) electrons. The number of carbonyl (C=O) groups is 1. The summed E-state index contributed by atoms with van der Waals surface area (Å²) in [7, 11) is 0. The molecule has 0 amide bonds. The van der Waals surface area contributed by atoms with Gasteiger partial charge < -0.3 is 14.8 Å². The molecule has 6 heteroatoms. The minimum atomic E-state index is -1.12. The summed E-state index contributed by atoms with van der Waals surface area (Å²) in [5, 5.41) is 11.0. The van der Waals surface area contributed by atoms with Crippen LogP contribution in [0.2, 0.25) is 0 Å². The van der Waals surface area contributed by atoms with Crippen molar-refractivity contribution in [3.63, 3.8) is 0 Å². The maximum atomic E-state index is 13.7. The number of aromatic nitrogens is 2. The van der Waals surface area contributed by atoms with Crippen molar-refractivity contribution in [2.24, 2.45) is 0 Å². The third kappa shape index (κ3) is 4.28. The second-order valence-corrected chi connectivity index (χ2v) is 7.86. The van der Waals surface area contributed by atoms with Crippen molar-refractivity contribution in [3.05, 3.63) is 95.9 Å². The fraction of sp³-hybridized carbons (Fsp3) is 0.111. The van der Waals surface area contributed by atoms with Crippen LogP contribution in [0.3, 0.4) is 0 Å². The number of aryl methyl sites for hydroxylation is 1. The molecule has 0 unspecified atom stereocenters. The summed E-state index contributed by atoms with van der Waals surface area (Å²) in [5.74, 6) is -0.750. The Kier molecular flexibility index (Phi) is 5.48. The van der Waals surface area contributed by atoms with Crippen LogP contribution in [0.4, 0.5) is 4.39 Å². The van der Waals surface area contributed by atoms with Gasteiger partial charge in [0.15, 0.2) is 0 Å². The normalized spacial score (nSPS) is 11.2. The van der Waals surface area contributed by atoms with Crippen LogP contribution >= 0.6 is 0 Å². The number of rotatable bonds is 7. The number of aromatic carboxylic acids is 1. The van der Waals surface area contributed by atoms with Crippen molar-refractivity contribution in [3.8, 4) is 17.0 Å². The van der Waals surface area contributed by atoms with Gasteiger partial charge in [-0.2, -0.15) is 0 Å². The predicted octanol–water partition coefficient (Wildman–Crippen LogP) is 6.23. The van der Waals surface area contributed by atoms with Crippen molar-refractivity contribution in [1.82, 2.24) is 9.97 Å². The van der Waals surface area contributed by atoms with E-state index in [1.165, 1.54) is 23.8 Å². The van der Waals surface area contributed by atoms with Gasteiger partial charge in [-0.3, -0.25) is 0 Å². The van der Waals surface area contributed by atoms with Crippen molar-refractivity contribution in [2.75, 3.05) is 6.61 Å². The van der Waals surface area contributed by atoms with E-state index in [2.05, 4.69) is 22.1 Å². The molecule has 0 spiro atoms. The SMILES string of the molecule is O=C(O)c1cc2c([nH]c3cc(F)ccc32)c(-c2ccc(OCCCc3ccccc3)cc2)n1. The van der Waals surface area contributed by atoms with Gasteiger partial charge in [-0.05, 0) is 66.9 Å². The molecule has 2 heterocycles. The van der Waals surface area contributed by atoms with Gasteiger partial charge in [-0.1, -0.05) is 30.3 Å². The maximum absolute atomic E-state index is 13.7. The lowest BCUT2D eigenvalue weighted by Gasteiger charge is -2.09. The molecule has 0 aliphatic carbocycles. The Bertz CT molecular complexity index is 1440. The zero-order valence-corrected chi connectivity index (χ0v) is 17.7. The number of carboxylic acids is 1. The van der Waals surface area contributed by atoms with Crippen LogP contribution in [0.25, 0.3) is 33.1 Å². The number of hydrogen-bond acceptors (Lipinski definition) is 3. The number of aromatic amines is 1. The summed E-state index contributed by atoms with van der Waals surface area (Å²) in [4.78, 5) is 19.2. The van der Waals surface area contributed by atoms with E-state index in [4.69, 9.17) is 4.74 Å². The van der Waals surface area contributed by atoms with E-state index in [1.54, 1.807) is 6.07 Å². The number of fused-ring (bicyclic) bond motifs is 3. The number of ether oxygens (including phenoxy) is 1. The second kappa shape index (κ2) is 8.74. The third-order valence-electron chi connectivity index (χ3n) is 5.62. The average Bonchev–Trinajstić information content (AvgIpc) is 3.20. The summed E-state index contributed by atoms with van der Waals surface area (Å²) in [6.07, 6.45) is 1.85. The first-order valence-electron chi connectivity index (χ1n) is 10.7. The van der Waals surface area contributed by atoms with Crippen molar-refractivity contribution in [1.29, 1.82) is 0 Å². The standard InChI is InChI=1S/C27H21FN2O3/c28-19-10-13-21-22-16-24(27(31)32)30-25(26(22)29-23(21)15-19)18-8-11-20(12-9-18)33-14-4-7-17-5-2-1-3-6-17/h1-3,5-6,8-13,15-16,29H,4,7,14H2,(H,31,32). The summed E-state index contributed by atoms with van der Waals surface area (Å²) in [6, 6.07) is 23.6. The number of hydrogen-bond donors (Lipinski definition) is 2. The quantitative estimate of drug-likeness (QED) is 0.294. The zero-order chi connectivity index (χ0) is 22.8. The minimum absolute atomic E-state index is 0.0658. The van der Waals surface area contributed by atoms with E-state index in [1.807, 2.05) is 42.5 Å². The number of pyridine rings is 1. The van der Waals surface area contributed by atoms with E-state index in [9.17, 15) is 14.3 Å². The fourth-order valence-corrected chi connectivity index (χ4v) is 4.01. The van der Waals surface area contributed by atoms with E-state index < -0.39 is 5.97 Å². The molecule has 0 bridgehead atoms. The Morgan fingerprint density at radius 2 is 1.76 bits per heavy atom. The summed E-state index contributed by atoms with van der Waals surface area (Å²) in [5.41, 5.74) is 3.71. The Morgan fingerprint density at radius 3 is 2.52 bits per heavy atom. The Labute approximate surface area is 189 Å². The van der Waals surface area contributed by atoms with Gasteiger partial charge in [0.25, 0.3) is 0 Å². The molecule has 2 aromatic heterocycles. The second-order valence-electron chi connectivity index (χ2n) is 7.86. The molecular formula is C27H21FN2O3. The number of nitrogens with one attached hydrogen (secondary N) is 1. The zero-order valence-electron chi connectivity index (χ0n) is 17.7. The molecular weight excluding hydrogens is 419 g/mol. The predicted molar refractivity (Wildman–Crippen MR) is 126 cm³/mol. The average molecular weight is 440 g/mol. The summed E-state index contributed by atoms with van der Waals surface area (Å²) >= 11 is 0. The van der Waals surface area contributed by atoms with Crippen LogP contribution in [0.5, 0.6) is 5.75 Å². The van der Waals surface area contributed by atoms with Crippen LogP contribution in [0.1, 0.15) is 22.5 Å². The van der Waals surface area contributed by atoms with E-state index in [-0.39, 0.29) is 11.5 Å². The molecule has 0 aliphatic rings. The molecule has 5 nitrogen and oxygen atoms in total. The van der Waals surface area contributed by atoms with Gasteiger partial charge in [-0.25, -0.2) is 14.2 Å². The highest BCUT2D eigenvalue weighted by Crippen LogP contribution is 2.33. The van der Waals surface area contributed by atoms with Crippen LogP contribution in [-0.4, -0.2) is 27.7 Å². The molecule has 164 valence electrons. The monoisotopic (exact) mass is 440 g/mol. The number of halogens is 1. The molecule has 5 aromatic rings. The molecule has 0 saturated heterocycles. The molecule has 0 atom stereocenters. The fourth-order valence-electron chi connectivity index (χ4n) is 4.01. The van der Waals surface area contributed by atoms with Gasteiger partial charge in [0.1, 0.15) is 17.3 Å². The van der Waals surface area contributed by atoms with E-state index in [0.29, 0.717) is 28.7 Å². The van der Waals surface area contributed by atoms with E-state index >= 15 is 0 Å². The minimum Gasteiger partial charge on any atom is -0.494 e. The van der Waals surface area contributed by atoms with Crippen LogP contribution < -0.4 is 4.74 Å². The Morgan fingerprint density at radius 1 is 0.970 bits per heavy atom. The first-order valence-corrected chi connectivity index (χ1v) is 10.7. The lowest BCUT2D eigenvalue weighted by molar-refractivity contribution is 0.0691. The first-order chi connectivity index (χ1) is 16.1. The number of H-pyrrole nitrogens is 1. The molecule has 2 N–H and O–H groups in total. The van der Waals surface area contributed by atoms with E-state index in [0.717, 1.165) is 29.5 Å². The molecule has 0 aliphatic heterocycles. The van der Waals surface area contributed by atoms with Crippen LogP contribution in [0, 0.1) is 5.82 Å². The molecule has 3 aromatic carbocycles. The Hall–Kier alpha value is -4.19. The van der Waals surface area contributed by atoms with Crippen molar-refractivity contribution >= 4 is 27.8 Å². The number of benzene rings is 3. The molecule has 0 fully saturated rings. The topological polar surface area (TPSA) is 75.2 Å². The van der Waals surface area contributed by atoms with Gasteiger partial charge in [-0.15, -0.1) is 0 Å². The summed E-state index contributed by atoms with van der Waals surface area (Å²) < 4.78 is 19.6. The highest BCUT2D eigenvalue weighted by Gasteiger charge is 2.17. The first kappa shape index (κ1) is 20.7. The van der Waals surface area contributed by atoms with Gasteiger partial charge in [0.05, 0.1) is 17.8 Å². The number of carboxylic acid groups (broad SMARTS) is 1. The summed E-state index contributed by atoms with van der Waals surface area (Å²) in [6.45, 7) is 0.596. The van der Waals surface area contributed by atoms with Gasteiger partial charge in [0, 0.05) is 21.9 Å². The molecule has 33 heavy (non-hydrogen) atoms. The van der Waals surface area contributed by atoms with Gasteiger partial charge in [0.2, 0.25) is 0 Å². The largest absolute Gasteiger partial charge is 0.494 e.